The number of ether oxygens (including phenoxy) is 1. The first-order chi connectivity index (χ1) is 13.8. The number of benzene rings is 1. The molecule has 0 aliphatic carbocycles. The van der Waals surface area contributed by atoms with Crippen LogP contribution in [0.3, 0.4) is 0 Å². The van der Waals surface area contributed by atoms with E-state index in [-0.39, 0.29) is 5.28 Å². The smallest absolute Gasteiger partial charge is 0.225 e. The molecule has 0 fully saturated rings. The van der Waals surface area contributed by atoms with Gasteiger partial charge in [-0.3, -0.25) is 4.98 Å². The molecule has 4 aromatic rings. The lowest BCUT2D eigenvalue weighted by Crippen LogP contribution is -2.22. The van der Waals surface area contributed by atoms with Gasteiger partial charge in [0.15, 0.2) is 0 Å². The molecule has 0 spiro atoms. The maximum atomic E-state index is 6.47. The predicted octanol–water partition coefficient (Wildman–Crippen LogP) is 6.27. The van der Waals surface area contributed by atoms with Crippen LogP contribution >= 0.6 is 23.2 Å². The van der Waals surface area contributed by atoms with Crippen molar-refractivity contribution in [1.82, 2.24) is 19.5 Å². The van der Waals surface area contributed by atoms with Crippen LogP contribution in [0.15, 0.2) is 42.7 Å². The highest BCUT2D eigenvalue weighted by molar-refractivity contribution is 6.76. The van der Waals surface area contributed by atoms with E-state index in [1.165, 1.54) is 0 Å². The third kappa shape index (κ3) is 4.45. The summed E-state index contributed by atoms with van der Waals surface area (Å²) in [6.45, 7) is 8.11. The number of hydrogen-bond donors (Lipinski definition) is 0. The first-order valence-corrected chi connectivity index (χ1v) is 13.9. The van der Waals surface area contributed by atoms with Crippen LogP contribution in [0.4, 0.5) is 0 Å². The summed E-state index contributed by atoms with van der Waals surface area (Å²) in [4.78, 5) is 13.0. The fourth-order valence-corrected chi connectivity index (χ4v) is 4.45. The number of hydrogen-bond acceptors (Lipinski definition) is 4. The van der Waals surface area contributed by atoms with Gasteiger partial charge in [-0.05, 0) is 41.4 Å². The van der Waals surface area contributed by atoms with Gasteiger partial charge in [0.25, 0.3) is 0 Å². The van der Waals surface area contributed by atoms with E-state index in [1.807, 2.05) is 35.0 Å². The van der Waals surface area contributed by atoms with Crippen molar-refractivity contribution in [2.75, 3.05) is 6.61 Å². The third-order valence-electron chi connectivity index (χ3n) is 4.79. The van der Waals surface area contributed by atoms with Crippen molar-refractivity contribution >= 4 is 53.2 Å². The van der Waals surface area contributed by atoms with Crippen molar-refractivity contribution in [2.45, 2.75) is 32.4 Å². The maximum absolute atomic E-state index is 6.47. The fraction of sp³-hybridized carbons (Fsp3) is 0.286. The number of nitrogens with zero attached hydrogens (tertiary/aromatic N) is 4. The maximum Gasteiger partial charge on any atom is 0.225 e. The van der Waals surface area contributed by atoms with Crippen molar-refractivity contribution in [3.8, 4) is 11.1 Å². The zero-order valence-corrected chi connectivity index (χ0v) is 19.1. The minimum Gasteiger partial charge on any atom is -0.361 e. The first-order valence-electron chi connectivity index (χ1n) is 9.47. The van der Waals surface area contributed by atoms with Crippen molar-refractivity contribution in [3.05, 3.63) is 53.2 Å². The van der Waals surface area contributed by atoms with Gasteiger partial charge in [0.2, 0.25) is 5.28 Å². The van der Waals surface area contributed by atoms with E-state index in [0.717, 1.165) is 40.1 Å². The Morgan fingerprint density at radius 2 is 1.93 bits per heavy atom. The Labute approximate surface area is 180 Å². The molecule has 0 N–H and O–H groups in total. The first kappa shape index (κ1) is 20.3. The number of pyridine rings is 1. The monoisotopic (exact) mass is 444 g/mol. The second kappa shape index (κ2) is 8.03. The summed E-state index contributed by atoms with van der Waals surface area (Å²) in [6, 6.07) is 11.2. The molecular weight excluding hydrogens is 423 g/mol. The van der Waals surface area contributed by atoms with Crippen molar-refractivity contribution < 1.29 is 4.74 Å². The van der Waals surface area contributed by atoms with Crippen LogP contribution in [0, 0.1) is 0 Å². The molecule has 4 rings (SSSR count). The van der Waals surface area contributed by atoms with Crippen LogP contribution in [-0.2, 0) is 11.5 Å². The second-order valence-corrected chi connectivity index (χ2v) is 14.6. The molecule has 0 aliphatic heterocycles. The van der Waals surface area contributed by atoms with Crippen LogP contribution in [0.1, 0.15) is 0 Å². The predicted molar refractivity (Wildman–Crippen MR) is 122 cm³/mol. The van der Waals surface area contributed by atoms with Crippen molar-refractivity contribution in [1.29, 1.82) is 0 Å². The molecule has 0 bridgehead atoms. The van der Waals surface area contributed by atoms with E-state index in [4.69, 9.17) is 27.9 Å². The highest BCUT2D eigenvalue weighted by Crippen LogP contribution is 2.35. The number of fused-ring (bicyclic) bond motifs is 2. The minimum atomic E-state index is -1.15. The van der Waals surface area contributed by atoms with Gasteiger partial charge >= 0.3 is 0 Å². The molecular formula is C21H22Cl2N4OSi. The van der Waals surface area contributed by atoms with Gasteiger partial charge in [-0.15, -0.1) is 0 Å². The largest absolute Gasteiger partial charge is 0.361 e. The van der Waals surface area contributed by atoms with Gasteiger partial charge in [-0.25, -0.2) is 4.98 Å². The van der Waals surface area contributed by atoms with E-state index in [2.05, 4.69) is 40.7 Å². The second-order valence-electron chi connectivity index (χ2n) is 8.25. The molecule has 0 radical (unpaired) electrons. The van der Waals surface area contributed by atoms with E-state index in [9.17, 15) is 0 Å². The summed E-state index contributed by atoms with van der Waals surface area (Å²) in [5.74, 6) is 0. The molecule has 5 nitrogen and oxygen atoms in total. The molecule has 1 aromatic carbocycles. The average molecular weight is 445 g/mol. The summed E-state index contributed by atoms with van der Waals surface area (Å²) in [6.07, 6.45) is 3.80. The molecule has 0 aliphatic rings. The Morgan fingerprint density at radius 1 is 1.10 bits per heavy atom. The normalized spacial score (nSPS) is 12.2. The summed E-state index contributed by atoms with van der Waals surface area (Å²) in [5.41, 5.74) is 3.58. The Balaban J connectivity index is 1.75. The molecule has 0 saturated carbocycles. The molecule has 29 heavy (non-hydrogen) atoms. The summed E-state index contributed by atoms with van der Waals surface area (Å²) < 4.78 is 7.89. The lowest BCUT2D eigenvalue weighted by Gasteiger charge is -2.15. The standard InChI is InChI=1S/C21H22Cl2N4OSi/c1-29(2,3)10-9-28-13-27-12-16(18-19(22)25-21(23)26-20(18)27)14-6-7-17-15(11-14)5-4-8-24-17/h4-8,11-12H,9-10,13H2,1-3H3. The summed E-state index contributed by atoms with van der Waals surface area (Å²) >= 11 is 12.6. The van der Waals surface area contributed by atoms with Gasteiger partial charge in [0.1, 0.15) is 17.5 Å². The van der Waals surface area contributed by atoms with Gasteiger partial charge in [-0.1, -0.05) is 43.4 Å². The van der Waals surface area contributed by atoms with Gasteiger partial charge < -0.3 is 9.30 Å². The summed E-state index contributed by atoms with van der Waals surface area (Å²) in [5, 5.41) is 2.29. The van der Waals surface area contributed by atoms with Crippen LogP contribution in [0.2, 0.25) is 36.1 Å². The topological polar surface area (TPSA) is 52.8 Å². The van der Waals surface area contributed by atoms with Crippen LogP contribution < -0.4 is 0 Å². The average Bonchev–Trinajstić information content (AvgIpc) is 3.03. The van der Waals surface area contributed by atoms with Crippen LogP contribution in [0.5, 0.6) is 0 Å². The zero-order chi connectivity index (χ0) is 20.6. The van der Waals surface area contributed by atoms with Gasteiger partial charge in [0, 0.05) is 38.0 Å². The zero-order valence-electron chi connectivity index (χ0n) is 16.6. The number of halogens is 2. The molecule has 150 valence electrons. The highest BCUT2D eigenvalue weighted by atomic mass is 35.5. The number of aromatic nitrogens is 4. The molecule has 0 saturated heterocycles. The number of rotatable bonds is 6. The van der Waals surface area contributed by atoms with Crippen molar-refractivity contribution in [3.63, 3.8) is 0 Å². The van der Waals surface area contributed by atoms with E-state index < -0.39 is 8.07 Å². The fourth-order valence-electron chi connectivity index (χ4n) is 3.22. The molecule has 3 heterocycles. The molecule has 8 heteroatoms. The van der Waals surface area contributed by atoms with Crippen molar-refractivity contribution in [2.24, 2.45) is 0 Å². The van der Waals surface area contributed by atoms with Gasteiger partial charge in [0.05, 0.1) is 10.9 Å². The van der Waals surface area contributed by atoms with E-state index in [0.29, 0.717) is 17.5 Å². The Hall–Kier alpha value is -1.99. The lowest BCUT2D eigenvalue weighted by molar-refractivity contribution is 0.0899. The molecule has 0 atom stereocenters. The lowest BCUT2D eigenvalue weighted by atomic mass is 10.0. The Kier molecular flexibility index (Phi) is 5.62. The third-order valence-corrected chi connectivity index (χ3v) is 6.93. The SMILES string of the molecule is C[Si](C)(C)CCOCn1cc(-c2ccc3ncccc3c2)c2c(Cl)nc(Cl)nc21. The quantitative estimate of drug-likeness (QED) is 0.152. The van der Waals surface area contributed by atoms with Crippen LogP contribution in [-0.4, -0.2) is 34.2 Å². The summed E-state index contributed by atoms with van der Waals surface area (Å²) in [7, 11) is -1.15. The highest BCUT2D eigenvalue weighted by Gasteiger charge is 2.18. The minimum absolute atomic E-state index is 0.123. The van der Waals surface area contributed by atoms with E-state index in [1.54, 1.807) is 6.20 Å². The molecule has 0 unspecified atom stereocenters. The molecule has 3 aromatic heterocycles. The van der Waals surface area contributed by atoms with E-state index >= 15 is 0 Å². The molecule has 0 amide bonds. The Morgan fingerprint density at radius 3 is 2.72 bits per heavy atom. The van der Waals surface area contributed by atoms with Crippen LogP contribution in [0.25, 0.3) is 33.1 Å². The Bertz CT molecular complexity index is 1190. The van der Waals surface area contributed by atoms with Gasteiger partial charge in [-0.2, -0.15) is 4.98 Å².